The maximum Gasteiger partial charge on any atom is 0.326 e. The monoisotopic (exact) mass is 474 g/mol. The van der Waals surface area contributed by atoms with Crippen LogP contribution in [0.3, 0.4) is 0 Å². The molecule has 5 N–H and O–H groups in total. The molecule has 5 unspecified atom stereocenters. The van der Waals surface area contributed by atoms with Crippen LogP contribution in [0.15, 0.2) is 30.3 Å². The highest BCUT2D eigenvalue weighted by Gasteiger charge is 2.38. The number of nitrogens with zero attached hydrogens (tertiary/aromatic N) is 1. The van der Waals surface area contributed by atoms with Gasteiger partial charge in [0, 0.05) is 13.0 Å². The number of carbonyl (C=O) groups excluding carboxylic acids is 3. The average Bonchev–Trinajstić information content (AvgIpc) is 3.31. The predicted octanol–water partition coefficient (Wildman–Crippen LogP) is 1.30. The van der Waals surface area contributed by atoms with Gasteiger partial charge in [0.25, 0.3) is 0 Å². The summed E-state index contributed by atoms with van der Waals surface area (Å²) in [7, 11) is 0. The van der Waals surface area contributed by atoms with Crippen LogP contribution in [0.4, 0.5) is 0 Å². The fourth-order valence-electron chi connectivity index (χ4n) is 4.04. The number of nitrogens with one attached hydrogen (secondary N) is 2. The molecule has 5 atom stereocenters. The van der Waals surface area contributed by atoms with Crippen molar-refractivity contribution in [1.29, 1.82) is 0 Å². The van der Waals surface area contributed by atoms with Gasteiger partial charge in [-0.15, -0.1) is 0 Å². The van der Waals surface area contributed by atoms with Gasteiger partial charge < -0.3 is 26.4 Å². The van der Waals surface area contributed by atoms with Crippen LogP contribution >= 0.6 is 0 Å². The Balaban J connectivity index is 2.22. The van der Waals surface area contributed by atoms with Crippen molar-refractivity contribution in [2.45, 2.75) is 77.5 Å². The Morgan fingerprint density at radius 3 is 2.32 bits per heavy atom. The summed E-state index contributed by atoms with van der Waals surface area (Å²) in [6.07, 6.45) is 1.91. The van der Waals surface area contributed by atoms with Gasteiger partial charge in [0.05, 0.1) is 6.04 Å². The molecule has 188 valence electrons. The lowest BCUT2D eigenvalue weighted by molar-refractivity contribution is -0.144. The first-order valence-corrected chi connectivity index (χ1v) is 12.0. The second-order valence-electron chi connectivity index (χ2n) is 9.42. The Labute approximate surface area is 201 Å². The van der Waals surface area contributed by atoms with Gasteiger partial charge in [-0.3, -0.25) is 14.4 Å². The van der Waals surface area contributed by atoms with E-state index in [0.717, 1.165) is 5.56 Å². The summed E-state index contributed by atoms with van der Waals surface area (Å²) in [5.41, 5.74) is 6.85. The summed E-state index contributed by atoms with van der Waals surface area (Å²) in [4.78, 5) is 52.4. The standard InChI is InChI=1S/C25H38N4O5/c1-5-16(4)21(25(33)34)28-22(30)18(14-17-10-7-6-8-11-17)27-23(31)19-12-9-13-29(19)24(32)20(26)15(2)3/h6-8,10-11,15-16,18-21H,5,9,12-14,26H2,1-4H3,(H,27,31)(H,28,30)(H,33,34). The Hall–Kier alpha value is -2.94. The third-order valence-corrected chi connectivity index (χ3v) is 6.53. The van der Waals surface area contributed by atoms with E-state index in [1.807, 2.05) is 51.1 Å². The Kier molecular flexibility index (Phi) is 10.0. The highest BCUT2D eigenvalue weighted by Crippen LogP contribution is 2.20. The van der Waals surface area contributed by atoms with Crippen LogP contribution in [0.2, 0.25) is 0 Å². The maximum atomic E-state index is 13.2. The number of likely N-dealkylation sites (tertiary alicyclic amines) is 1. The number of hydrogen-bond donors (Lipinski definition) is 4. The van der Waals surface area contributed by atoms with E-state index in [4.69, 9.17) is 5.73 Å². The molecule has 1 aromatic rings. The minimum Gasteiger partial charge on any atom is -0.480 e. The minimum atomic E-state index is -1.12. The van der Waals surface area contributed by atoms with Crippen LogP contribution in [0.5, 0.6) is 0 Å². The average molecular weight is 475 g/mol. The molecule has 0 radical (unpaired) electrons. The van der Waals surface area contributed by atoms with Gasteiger partial charge in [0.15, 0.2) is 0 Å². The molecule has 9 nitrogen and oxygen atoms in total. The van der Waals surface area contributed by atoms with E-state index < -0.39 is 42.0 Å². The molecule has 1 heterocycles. The van der Waals surface area contributed by atoms with Gasteiger partial charge in [-0.25, -0.2) is 4.79 Å². The second-order valence-corrected chi connectivity index (χ2v) is 9.42. The van der Waals surface area contributed by atoms with Crippen molar-refractivity contribution in [2.24, 2.45) is 17.6 Å². The quantitative estimate of drug-likeness (QED) is 0.381. The number of amides is 3. The molecule has 1 aromatic carbocycles. The summed E-state index contributed by atoms with van der Waals surface area (Å²) < 4.78 is 0. The van der Waals surface area contributed by atoms with Crippen molar-refractivity contribution in [2.75, 3.05) is 6.54 Å². The van der Waals surface area contributed by atoms with Gasteiger partial charge in [0.2, 0.25) is 17.7 Å². The SMILES string of the molecule is CCC(C)C(NC(=O)C(Cc1ccccc1)NC(=O)C1CCCN1C(=O)C(N)C(C)C)C(=O)O. The molecule has 1 saturated heterocycles. The zero-order chi connectivity index (χ0) is 25.4. The number of carboxylic acids is 1. The summed E-state index contributed by atoms with van der Waals surface area (Å²) in [6.45, 7) is 7.74. The smallest absolute Gasteiger partial charge is 0.326 e. The van der Waals surface area contributed by atoms with Gasteiger partial charge in [-0.1, -0.05) is 64.4 Å². The lowest BCUT2D eigenvalue weighted by Crippen LogP contribution is -2.58. The van der Waals surface area contributed by atoms with Gasteiger partial charge in [-0.05, 0) is 30.2 Å². The Morgan fingerprint density at radius 2 is 1.76 bits per heavy atom. The minimum absolute atomic E-state index is 0.0677. The molecular formula is C25H38N4O5. The van der Waals surface area contributed by atoms with Gasteiger partial charge in [-0.2, -0.15) is 0 Å². The first kappa shape index (κ1) is 27.3. The van der Waals surface area contributed by atoms with E-state index in [-0.39, 0.29) is 24.2 Å². The van der Waals surface area contributed by atoms with Crippen molar-refractivity contribution >= 4 is 23.7 Å². The number of hydrogen-bond acceptors (Lipinski definition) is 5. The molecule has 34 heavy (non-hydrogen) atoms. The third kappa shape index (κ3) is 7.03. The number of carboxylic acid groups (broad SMARTS) is 1. The molecule has 0 spiro atoms. The number of benzene rings is 1. The summed E-state index contributed by atoms with van der Waals surface area (Å²) in [5.74, 6) is -2.76. The molecule has 0 aromatic heterocycles. The Morgan fingerprint density at radius 1 is 1.12 bits per heavy atom. The van der Waals surface area contributed by atoms with Crippen molar-refractivity contribution in [3.8, 4) is 0 Å². The van der Waals surface area contributed by atoms with Gasteiger partial charge >= 0.3 is 5.97 Å². The molecule has 0 bridgehead atoms. The van der Waals surface area contributed by atoms with E-state index in [9.17, 15) is 24.3 Å². The first-order valence-electron chi connectivity index (χ1n) is 12.0. The van der Waals surface area contributed by atoms with Crippen LogP contribution in [-0.4, -0.2) is 64.4 Å². The lowest BCUT2D eigenvalue weighted by Gasteiger charge is -2.30. The predicted molar refractivity (Wildman–Crippen MR) is 129 cm³/mol. The number of nitrogens with two attached hydrogens (primary N) is 1. The molecule has 2 rings (SSSR count). The van der Waals surface area contributed by atoms with Crippen molar-refractivity contribution in [1.82, 2.24) is 15.5 Å². The van der Waals surface area contributed by atoms with Crippen molar-refractivity contribution in [3.05, 3.63) is 35.9 Å². The summed E-state index contributed by atoms with van der Waals surface area (Å²) in [5, 5.41) is 15.0. The molecular weight excluding hydrogens is 436 g/mol. The van der Waals surface area contributed by atoms with E-state index in [1.165, 1.54) is 4.90 Å². The molecule has 0 aliphatic carbocycles. The largest absolute Gasteiger partial charge is 0.480 e. The molecule has 1 fully saturated rings. The number of carbonyl (C=O) groups is 4. The normalized spacial score (nSPS) is 19.2. The zero-order valence-corrected chi connectivity index (χ0v) is 20.5. The van der Waals surface area contributed by atoms with Crippen LogP contribution in [0.1, 0.15) is 52.5 Å². The topological polar surface area (TPSA) is 142 Å². The van der Waals surface area contributed by atoms with Crippen LogP contribution in [-0.2, 0) is 25.6 Å². The fourth-order valence-corrected chi connectivity index (χ4v) is 4.04. The van der Waals surface area contributed by atoms with Crippen LogP contribution in [0.25, 0.3) is 0 Å². The lowest BCUT2D eigenvalue weighted by atomic mass is 9.98. The molecule has 0 saturated carbocycles. The van der Waals surface area contributed by atoms with E-state index in [1.54, 1.807) is 6.92 Å². The molecule has 3 amide bonds. The van der Waals surface area contributed by atoms with E-state index in [2.05, 4.69) is 10.6 Å². The number of aliphatic carboxylic acids is 1. The van der Waals surface area contributed by atoms with Crippen molar-refractivity contribution < 1.29 is 24.3 Å². The first-order chi connectivity index (χ1) is 16.1. The van der Waals surface area contributed by atoms with E-state index >= 15 is 0 Å². The van der Waals surface area contributed by atoms with Gasteiger partial charge in [0.1, 0.15) is 18.1 Å². The Bertz CT molecular complexity index is 860. The fraction of sp³-hybridized carbons (Fsp3) is 0.600. The highest BCUT2D eigenvalue weighted by molar-refractivity contribution is 5.94. The zero-order valence-electron chi connectivity index (χ0n) is 20.5. The van der Waals surface area contributed by atoms with Crippen LogP contribution < -0.4 is 16.4 Å². The third-order valence-electron chi connectivity index (χ3n) is 6.53. The molecule has 9 heteroatoms. The van der Waals surface area contributed by atoms with Crippen LogP contribution in [0, 0.1) is 11.8 Å². The summed E-state index contributed by atoms with van der Waals surface area (Å²) in [6, 6.07) is 5.70. The molecule has 1 aliphatic heterocycles. The second kappa shape index (κ2) is 12.5. The van der Waals surface area contributed by atoms with E-state index in [0.29, 0.717) is 25.8 Å². The molecule has 1 aliphatic rings. The highest BCUT2D eigenvalue weighted by atomic mass is 16.4. The van der Waals surface area contributed by atoms with Crippen molar-refractivity contribution in [3.63, 3.8) is 0 Å². The number of rotatable bonds is 11. The maximum absolute atomic E-state index is 13.2. The summed E-state index contributed by atoms with van der Waals surface area (Å²) >= 11 is 0.